The number of benzene rings is 1. The van der Waals surface area contributed by atoms with Crippen LogP contribution in [-0.4, -0.2) is 28.2 Å². The van der Waals surface area contributed by atoms with E-state index in [1.165, 1.54) is 38.2 Å². The zero-order chi connectivity index (χ0) is 19.7. The molecule has 0 radical (unpaired) electrons. The Hall–Kier alpha value is -1.88. The molecule has 1 saturated carbocycles. The predicted molar refractivity (Wildman–Crippen MR) is 109 cm³/mol. The number of carboxylic acid groups (broad SMARTS) is 1. The van der Waals surface area contributed by atoms with Crippen LogP contribution < -0.4 is 5.32 Å². The topological polar surface area (TPSA) is 54.3 Å². The molecule has 5 heteroatoms. The first-order valence-electron chi connectivity index (χ1n) is 10.9. The van der Waals surface area contributed by atoms with E-state index in [1.54, 1.807) is 12.1 Å². The summed E-state index contributed by atoms with van der Waals surface area (Å²) in [5, 5.41) is 14.4. The number of hydrogen-bond donors (Lipinski definition) is 2. The number of aliphatic carboxylic acids is 1. The number of hydrogen-bond acceptors (Lipinski definition) is 2. The molecule has 1 fully saturated rings. The van der Waals surface area contributed by atoms with Crippen molar-refractivity contribution in [3.63, 3.8) is 0 Å². The average Bonchev–Trinajstić information content (AvgIpc) is 3.01. The standard InChI is InChI=1S/C23H31FN2O2/c1-2-20(23(27)28)26-21-10-8-16(24)12-18(21)19-13-17(9-11-22(19)26)25-14-15-6-4-3-5-7-15/h8,10,12,15,17,20,25H,2-7,9,11,13-14H2,1H3,(H,27,28). The average molecular weight is 387 g/mol. The third-order valence-electron chi connectivity index (χ3n) is 6.77. The predicted octanol–water partition coefficient (Wildman–Crippen LogP) is 4.84. The number of nitrogens with zero attached hydrogens (tertiary/aromatic N) is 1. The van der Waals surface area contributed by atoms with Crippen LogP contribution in [0.3, 0.4) is 0 Å². The maximum absolute atomic E-state index is 14.0. The molecule has 2 aromatic rings. The van der Waals surface area contributed by atoms with Crippen molar-refractivity contribution in [1.29, 1.82) is 0 Å². The number of carboxylic acids is 1. The summed E-state index contributed by atoms with van der Waals surface area (Å²) in [5.41, 5.74) is 3.08. The van der Waals surface area contributed by atoms with Crippen LogP contribution in [0.1, 0.15) is 69.2 Å². The normalized spacial score (nSPS) is 21.6. The molecule has 1 aromatic carbocycles. The van der Waals surface area contributed by atoms with Crippen molar-refractivity contribution in [2.24, 2.45) is 5.92 Å². The zero-order valence-electron chi connectivity index (χ0n) is 16.7. The highest BCUT2D eigenvalue weighted by atomic mass is 19.1. The van der Waals surface area contributed by atoms with Crippen LogP contribution >= 0.6 is 0 Å². The fourth-order valence-corrected chi connectivity index (χ4v) is 5.29. The molecule has 0 amide bonds. The Labute approximate surface area is 166 Å². The van der Waals surface area contributed by atoms with Crippen molar-refractivity contribution in [1.82, 2.24) is 9.88 Å². The quantitative estimate of drug-likeness (QED) is 0.747. The summed E-state index contributed by atoms with van der Waals surface area (Å²) in [6, 6.07) is 4.57. The van der Waals surface area contributed by atoms with E-state index < -0.39 is 12.0 Å². The summed E-state index contributed by atoms with van der Waals surface area (Å²) in [4.78, 5) is 11.9. The van der Waals surface area contributed by atoms with E-state index in [1.807, 2.05) is 11.5 Å². The fourth-order valence-electron chi connectivity index (χ4n) is 5.29. The van der Waals surface area contributed by atoms with Crippen LogP contribution in [0.25, 0.3) is 10.9 Å². The Balaban J connectivity index is 1.62. The molecule has 2 aliphatic carbocycles. The highest BCUT2D eigenvalue weighted by Crippen LogP contribution is 2.36. The molecule has 0 spiro atoms. The van der Waals surface area contributed by atoms with Crippen LogP contribution in [0.2, 0.25) is 0 Å². The lowest BCUT2D eigenvalue weighted by atomic mass is 9.87. The summed E-state index contributed by atoms with van der Waals surface area (Å²) in [6.45, 7) is 2.97. The smallest absolute Gasteiger partial charge is 0.326 e. The largest absolute Gasteiger partial charge is 0.480 e. The van der Waals surface area contributed by atoms with Gasteiger partial charge in [-0.15, -0.1) is 0 Å². The molecule has 2 unspecified atom stereocenters. The maximum atomic E-state index is 14.0. The minimum Gasteiger partial charge on any atom is -0.480 e. The second kappa shape index (κ2) is 8.24. The van der Waals surface area contributed by atoms with E-state index in [2.05, 4.69) is 5.32 Å². The highest BCUT2D eigenvalue weighted by molar-refractivity contribution is 5.88. The molecule has 1 aromatic heterocycles. The van der Waals surface area contributed by atoms with Crippen molar-refractivity contribution in [2.45, 2.75) is 76.8 Å². The summed E-state index contributed by atoms with van der Waals surface area (Å²) in [7, 11) is 0. The lowest BCUT2D eigenvalue weighted by molar-refractivity contribution is -0.140. The Morgan fingerprint density at radius 1 is 1.29 bits per heavy atom. The third kappa shape index (κ3) is 3.69. The second-order valence-electron chi connectivity index (χ2n) is 8.57. The van der Waals surface area contributed by atoms with E-state index in [-0.39, 0.29) is 5.82 Å². The molecule has 0 bridgehead atoms. The van der Waals surface area contributed by atoms with Crippen molar-refractivity contribution in [3.8, 4) is 0 Å². The summed E-state index contributed by atoms with van der Waals surface area (Å²) < 4.78 is 16.0. The van der Waals surface area contributed by atoms with Crippen LogP contribution in [-0.2, 0) is 17.6 Å². The Morgan fingerprint density at radius 2 is 2.07 bits per heavy atom. The molecule has 0 aliphatic heterocycles. The number of halogens is 1. The van der Waals surface area contributed by atoms with Crippen molar-refractivity contribution in [2.75, 3.05) is 6.54 Å². The lowest BCUT2D eigenvalue weighted by Gasteiger charge is -2.29. The van der Waals surface area contributed by atoms with Gasteiger partial charge in [0.1, 0.15) is 11.9 Å². The van der Waals surface area contributed by atoms with Gasteiger partial charge in [-0.1, -0.05) is 26.2 Å². The van der Waals surface area contributed by atoms with Gasteiger partial charge in [0.15, 0.2) is 0 Å². The number of rotatable bonds is 6. The van der Waals surface area contributed by atoms with Gasteiger partial charge in [-0.05, 0) is 74.8 Å². The van der Waals surface area contributed by atoms with Crippen LogP contribution in [0.5, 0.6) is 0 Å². The van der Waals surface area contributed by atoms with Crippen LogP contribution in [0, 0.1) is 11.7 Å². The van der Waals surface area contributed by atoms with Gasteiger partial charge in [0.25, 0.3) is 0 Å². The van der Waals surface area contributed by atoms with E-state index in [0.717, 1.165) is 53.9 Å². The minimum atomic E-state index is -0.816. The molecular formula is C23H31FN2O2. The molecule has 0 saturated heterocycles. The van der Waals surface area contributed by atoms with E-state index >= 15 is 0 Å². The van der Waals surface area contributed by atoms with E-state index in [0.29, 0.717) is 12.5 Å². The first-order valence-corrected chi connectivity index (χ1v) is 10.9. The molecule has 2 aliphatic rings. The first-order chi connectivity index (χ1) is 13.6. The first kappa shape index (κ1) is 19.4. The monoisotopic (exact) mass is 386 g/mol. The molecule has 2 N–H and O–H groups in total. The van der Waals surface area contributed by atoms with Crippen molar-refractivity contribution < 1.29 is 14.3 Å². The van der Waals surface area contributed by atoms with Gasteiger partial charge in [0.2, 0.25) is 0 Å². The molecule has 28 heavy (non-hydrogen) atoms. The molecular weight excluding hydrogens is 355 g/mol. The molecule has 4 nitrogen and oxygen atoms in total. The van der Waals surface area contributed by atoms with Crippen LogP contribution in [0.4, 0.5) is 4.39 Å². The van der Waals surface area contributed by atoms with E-state index in [9.17, 15) is 14.3 Å². The Morgan fingerprint density at radius 3 is 2.79 bits per heavy atom. The van der Waals surface area contributed by atoms with Gasteiger partial charge in [-0.25, -0.2) is 9.18 Å². The number of nitrogens with one attached hydrogen (secondary N) is 1. The molecule has 152 valence electrons. The maximum Gasteiger partial charge on any atom is 0.326 e. The van der Waals surface area contributed by atoms with Gasteiger partial charge in [-0.2, -0.15) is 0 Å². The second-order valence-corrected chi connectivity index (χ2v) is 8.57. The molecule has 4 rings (SSSR count). The van der Waals surface area contributed by atoms with Gasteiger partial charge in [0.05, 0.1) is 0 Å². The fraction of sp³-hybridized carbons (Fsp3) is 0.609. The summed E-state index contributed by atoms with van der Waals surface area (Å²) in [6.07, 6.45) is 9.95. The van der Waals surface area contributed by atoms with Gasteiger partial charge >= 0.3 is 5.97 Å². The third-order valence-corrected chi connectivity index (χ3v) is 6.77. The Kier molecular flexibility index (Phi) is 5.72. The zero-order valence-corrected chi connectivity index (χ0v) is 16.7. The SMILES string of the molecule is CCC(C(=O)O)n1c2c(c3cc(F)ccc31)CC(NCC1CCCCC1)CC2. The van der Waals surface area contributed by atoms with Crippen molar-refractivity contribution >= 4 is 16.9 Å². The summed E-state index contributed by atoms with van der Waals surface area (Å²) in [5.74, 6) is -0.289. The molecule has 2 atom stereocenters. The van der Waals surface area contributed by atoms with Crippen LogP contribution in [0.15, 0.2) is 18.2 Å². The summed E-state index contributed by atoms with van der Waals surface area (Å²) >= 11 is 0. The minimum absolute atomic E-state index is 0.256. The van der Waals surface area contributed by atoms with Gasteiger partial charge in [-0.3, -0.25) is 0 Å². The number of aromatic nitrogens is 1. The molecule has 1 heterocycles. The van der Waals surface area contributed by atoms with Gasteiger partial charge < -0.3 is 15.0 Å². The van der Waals surface area contributed by atoms with Gasteiger partial charge in [0, 0.05) is 22.6 Å². The Bertz CT molecular complexity index is 854. The lowest BCUT2D eigenvalue weighted by Crippen LogP contribution is -2.38. The number of carbonyl (C=O) groups is 1. The van der Waals surface area contributed by atoms with Crippen molar-refractivity contribution in [3.05, 3.63) is 35.3 Å². The number of fused-ring (bicyclic) bond motifs is 3. The van der Waals surface area contributed by atoms with E-state index in [4.69, 9.17) is 0 Å². The highest BCUT2D eigenvalue weighted by Gasteiger charge is 2.30.